The zero-order valence-corrected chi connectivity index (χ0v) is 17.6. The molecule has 0 radical (unpaired) electrons. The molecule has 2 aliphatic rings. The molecule has 3 atom stereocenters. The van der Waals surface area contributed by atoms with Crippen molar-refractivity contribution in [2.45, 2.75) is 38.4 Å². The Balaban J connectivity index is 1.62. The topological polar surface area (TPSA) is 90.5 Å². The number of carbonyl (C=O) groups is 2. The number of likely N-dealkylation sites (tertiary alicyclic amines) is 2. The van der Waals surface area contributed by atoms with Crippen molar-refractivity contribution in [2.24, 2.45) is 17.6 Å². The monoisotopic (exact) mass is 404 g/mol. The van der Waals surface area contributed by atoms with Crippen molar-refractivity contribution >= 4 is 17.6 Å². The number of imide groups is 1. The molecule has 156 valence electrons. The molecule has 0 aliphatic carbocycles. The molecule has 0 aromatic heterocycles. The Morgan fingerprint density at radius 3 is 2.23 bits per heavy atom. The van der Waals surface area contributed by atoms with Crippen LogP contribution in [-0.2, 0) is 22.6 Å². The van der Waals surface area contributed by atoms with Gasteiger partial charge in [0, 0.05) is 17.1 Å². The van der Waals surface area contributed by atoms with Gasteiger partial charge < -0.3 is 5.73 Å². The largest absolute Gasteiger partial charge is 0.384 e. The van der Waals surface area contributed by atoms with Gasteiger partial charge in [-0.15, -0.1) is 0 Å². The maximum Gasteiger partial charge on any atom is 0.235 e. The lowest BCUT2D eigenvalue weighted by molar-refractivity contribution is -0.142. The van der Waals surface area contributed by atoms with Crippen molar-refractivity contribution in [3.63, 3.8) is 0 Å². The van der Waals surface area contributed by atoms with Gasteiger partial charge in [-0.3, -0.25) is 24.8 Å². The summed E-state index contributed by atoms with van der Waals surface area (Å²) in [4.78, 5) is 30.4. The average Bonchev–Trinajstić information content (AvgIpc) is 3.08. The fourth-order valence-electron chi connectivity index (χ4n) is 5.02. The van der Waals surface area contributed by atoms with Crippen LogP contribution in [0.4, 0.5) is 0 Å². The fourth-order valence-corrected chi connectivity index (χ4v) is 5.02. The molecule has 6 nitrogen and oxygen atoms in total. The number of nitrogens with zero attached hydrogens (tertiary/aromatic N) is 2. The van der Waals surface area contributed by atoms with Gasteiger partial charge >= 0.3 is 0 Å². The maximum absolute atomic E-state index is 13.4. The minimum Gasteiger partial charge on any atom is -0.384 e. The van der Waals surface area contributed by atoms with Crippen LogP contribution in [0.5, 0.6) is 0 Å². The molecule has 2 heterocycles. The SMILES string of the molecule is CN1[C@@H](Cc2ccc(C(=N)N)cc2)[C@H]2C(=O)N(Cc3ccccc3)C(=O)[C@H]2C1(C)C. The number of nitrogens with two attached hydrogens (primary N) is 1. The molecule has 0 unspecified atom stereocenters. The zero-order valence-electron chi connectivity index (χ0n) is 17.6. The van der Waals surface area contributed by atoms with Gasteiger partial charge in [0.05, 0.1) is 18.4 Å². The third kappa shape index (κ3) is 3.21. The average molecular weight is 405 g/mol. The van der Waals surface area contributed by atoms with Gasteiger partial charge in [-0.2, -0.15) is 0 Å². The first-order chi connectivity index (χ1) is 14.2. The summed E-state index contributed by atoms with van der Waals surface area (Å²) in [5.41, 5.74) is 7.85. The predicted octanol–water partition coefficient (Wildman–Crippen LogP) is 2.41. The molecule has 2 aliphatic heterocycles. The normalized spacial score (nSPS) is 25.6. The molecule has 6 heteroatoms. The molecule has 2 saturated heterocycles. The highest BCUT2D eigenvalue weighted by Crippen LogP contribution is 2.48. The highest BCUT2D eigenvalue weighted by Gasteiger charge is 2.64. The van der Waals surface area contributed by atoms with E-state index >= 15 is 0 Å². The summed E-state index contributed by atoms with van der Waals surface area (Å²) in [6.45, 7) is 4.44. The van der Waals surface area contributed by atoms with E-state index in [9.17, 15) is 9.59 Å². The number of fused-ring (bicyclic) bond motifs is 1. The highest BCUT2D eigenvalue weighted by atomic mass is 16.2. The first-order valence-corrected chi connectivity index (χ1v) is 10.3. The van der Waals surface area contributed by atoms with Crippen molar-refractivity contribution in [2.75, 3.05) is 7.05 Å². The first-order valence-electron chi connectivity index (χ1n) is 10.3. The summed E-state index contributed by atoms with van der Waals surface area (Å²) in [5.74, 6) is -0.806. The Labute approximate surface area is 177 Å². The van der Waals surface area contributed by atoms with Gasteiger partial charge in [0.1, 0.15) is 5.84 Å². The van der Waals surface area contributed by atoms with Crippen molar-refractivity contribution < 1.29 is 9.59 Å². The number of amides is 2. The van der Waals surface area contributed by atoms with E-state index in [1.807, 2.05) is 61.6 Å². The van der Waals surface area contributed by atoms with Crippen LogP contribution in [0, 0.1) is 17.2 Å². The Hall–Kier alpha value is -2.99. The standard InChI is InChI=1S/C24H28N4O2/c1-24(2)20-19(22(29)28(23(20)30)14-16-7-5-4-6-8-16)18(27(24)3)13-15-9-11-17(12-10-15)21(25)26/h4-12,18-20H,13-14H2,1-3H3,(H3,25,26)/t18-,19+,20-/m0/s1. The van der Waals surface area contributed by atoms with Gasteiger partial charge in [0.2, 0.25) is 11.8 Å². The number of likely N-dealkylation sites (N-methyl/N-ethyl adjacent to an activating group) is 1. The number of amidine groups is 1. The van der Waals surface area contributed by atoms with Gasteiger partial charge in [-0.25, -0.2) is 0 Å². The third-order valence-electron chi connectivity index (χ3n) is 6.92. The van der Waals surface area contributed by atoms with Gasteiger partial charge in [0.15, 0.2) is 0 Å². The van der Waals surface area contributed by atoms with Crippen LogP contribution in [0.2, 0.25) is 0 Å². The van der Waals surface area contributed by atoms with Crippen molar-refractivity contribution in [1.82, 2.24) is 9.80 Å². The summed E-state index contributed by atoms with van der Waals surface area (Å²) in [5, 5.41) is 7.56. The molecule has 2 fully saturated rings. The van der Waals surface area contributed by atoms with Gasteiger partial charge in [-0.05, 0) is 38.4 Å². The predicted molar refractivity (Wildman–Crippen MR) is 116 cm³/mol. The minimum absolute atomic E-state index is 0.0360. The molecule has 30 heavy (non-hydrogen) atoms. The van der Waals surface area contributed by atoms with E-state index in [0.29, 0.717) is 18.5 Å². The molecule has 2 aromatic rings. The Kier molecular flexibility index (Phi) is 4.98. The number of carbonyl (C=O) groups excluding carboxylic acids is 2. The van der Waals surface area contributed by atoms with Crippen molar-refractivity contribution in [3.05, 3.63) is 71.3 Å². The fraction of sp³-hybridized carbons (Fsp3) is 0.375. The number of hydrogen-bond donors (Lipinski definition) is 2. The number of rotatable bonds is 5. The summed E-state index contributed by atoms with van der Waals surface area (Å²) < 4.78 is 0. The molecule has 0 bridgehead atoms. The van der Waals surface area contributed by atoms with Crippen LogP contribution in [-0.4, -0.2) is 46.1 Å². The second kappa shape index (κ2) is 7.36. The van der Waals surface area contributed by atoms with Crippen molar-refractivity contribution in [1.29, 1.82) is 5.41 Å². The van der Waals surface area contributed by atoms with Crippen LogP contribution < -0.4 is 5.73 Å². The summed E-state index contributed by atoms with van der Waals surface area (Å²) in [6.07, 6.45) is 0.664. The molecular weight excluding hydrogens is 376 g/mol. The Morgan fingerprint density at radius 1 is 1.00 bits per heavy atom. The summed E-state index contributed by atoms with van der Waals surface area (Å²) >= 11 is 0. The third-order valence-corrected chi connectivity index (χ3v) is 6.92. The molecule has 4 rings (SSSR count). The van der Waals surface area contributed by atoms with Crippen LogP contribution in [0.15, 0.2) is 54.6 Å². The number of hydrogen-bond acceptors (Lipinski definition) is 4. The van der Waals surface area contributed by atoms with E-state index in [-0.39, 0.29) is 35.5 Å². The Morgan fingerprint density at radius 2 is 1.63 bits per heavy atom. The number of benzene rings is 2. The van der Waals surface area contributed by atoms with E-state index in [1.54, 1.807) is 0 Å². The van der Waals surface area contributed by atoms with E-state index in [4.69, 9.17) is 11.1 Å². The van der Waals surface area contributed by atoms with Crippen LogP contribution in [0.25, 0.3) is 0 Å². The lowest BCUT2D eigenvalue weighted by atomic mass is 9.81. The van der Waals surface area contributed by atoms with E-state index in [2.05, 4.69) is 18.7 Å². The minimum atomic E-state index is -0.410. The quantitative estimate of drug-likeness (QED) is 0.455. The lowest BCUT2D eigenvalue weighted by Crippen LogP contribution is -2.48. The number of nitrogens with one attached hydrogen (secondary N) is 1. The van der Waals surface area contributed by atoms with E-state index in [0.717, 1.165) is 11.1 Å². The van der Waals surface area contributed by atoms with Gasteiger partial charge in [0.25, 0.3) is 0 Å². The van der Waals surface area contributed by atoms with Crippen LogP contribution >= 0.6 is 0 Å². The molecule has 2 amide bonds. The van der Waals surface area contributed by atoms with Crippen molar-refractivity contribution in [3.8, 4) is 0 Å². The van der Waals surface area contributed by atoms with Crippen LogP contribution in [0.3, 0.4) is 0 Å². The molecule has 0 spiro atoms. The Bertz CT molecular complexity index is 984. The molecule has 0 saturated carbocycles. The van der Waals surface area contributed by atoms with Crippen LogP contribution in [0.1, 0.15) is 30.5 Å². The lowest BCUT2D eigenvalue weighted by Gasteiger charge is -2.36. The molecule has 3 N–H and O–H groups in total. The smallest absolute Gasteiger partial charge is 0.235 e. The summed E-state index contributed by atoms with van der Waals surface area (Å²) in [7, 11) is 2.01. The van der Waals surface area contributed by atoms with Gasteiger partial charge in [-0.1, -0.05) is 54.6 Å². The second-order valence-electron chi connectivity index (χ2n) is 8.90. The van der Waals surface area contributed by atoms with E-state index in [1.165, 1.54) is 4.90 Å². The second-order valence-corrected chi connectivity index (χ2v) is 8.90. The maximum atomic E-state index is 13.4. The first kappa shape index (κ1) is 20.3. The summed E-state index contributed by atoms with van der Waals surface area (Å²) in [6, 6.07) is 17.2. The zero-order chi connectivity index (χ0) is 21.6. The van der Waals surface area contributed by atoms with E-state index < -0.39 is 5.54 Å². The number of nitrogen functional groups attached to an aromatic ring is 1. The molecular formula is C24H28N4O2. The highest BCUT2D eigenvalue weighted by molar-refractivity contribution is 6.06. The molecule has 2 aromatic carbocycles.